The van der Waals surface area contributed by atoms with Gasteiger partial charge < -0.3 is 10.8 Å². The first-order valence-electron chi connectivity index (χ1n) is 4.43. The number of hydrogen-bond donors (Lipinski definition) is 2. The zero-order chi connectivity index (χ0) is 12.6. The molecule has 0 unspecified atom stereocenters. The zero-order valence-electron chi connectivity index (χ0n) is 8.28. The number of thiazole rings is 1. The number of nitrogen functional groups attached to an aromatic ring is 1. The molecule has 3 N–H and O–H groups in total. The molecule has 0 bridgehead atoms. The highest BCUT2D eigenvalue weighted by Crippen LogP contribution is 2.33. The van der Waals surface area contributed by atoms with Crippen molar-refractivity contribution in [2.75, 3.05) is 5.73 Å². The Kier molecular flexibility index (Phi) is 3.37. The van der Waals surface area contributed by atoms with Gasteiger partial charge in [0.15, 0.2) is 5.69 Å². The molecule has 1 heterocycles. The van der Waals surface area contributed by atoms with Crippen molar-refractivity contribution in [2.45, 2.75) is 0 Å². The fourth-order valence-corrected chi connectivity index (χ4v) is 2.96. The molecule has 1 aromatic carbocycles. The van der Waals surface area contributed by atoms with Gasteiger partial charge in [-0.05, 0) is 18.2 Å². The molecule has 0 aliphatic heterocycles. The summed E-state index contributed by atoms with van der Waals surface area (Å²) in [6.45, 7) is 0. The van der Waals surface area contributed by atoms with Crippen LogP contribution in [0.25, 0.3) is 10.6 Å². The largest absolute Gasteiger partial charge is 0.476 e. The summed E-state index contributed by atoms with van der Waals surface area (Å²) >= 11 is 10.3. The van der Waals surface area contributed by atoms with Crippen LogP contribution in [0.5, 0.6) is 0 Å². The molecular weight excluding hydrogens is 328 g/mol. The maximum Gasteiger partial charge on any atom is 0.357 e. The van der Waals surface area contributed by atoms with Gasteiger partial charge in [0, 0.05) is 15.1 Å². The number of aromatic nitrogens is 1. The van der Waals surface area contributed by atoms with Gasteiger partial charge >= 0.3 is 5.97 Å². The summed E-state index contributed by atoms with van der Waals surface area (Å²) in [5, 5.41) is 10.1. The Hall–Kier alpha value is -1.11. The van der Waals surface area contributed by atoms with Gasteiger partial charge in [0.25, 0.3) is 0 Å². The lowest BCUT2D eigenvalue weighted by molar-refractivity contribution is 0.0692. The van der Waals surface area contributed by atoms with E-state index in [9.17, 15) is 4.79 Å². The van der Waals surface area contributed by atoms with Crippen LogP contribution in [0.15, 0.2) is 22.7 Å². The number of rotatable bonds is 2. The predicted molar refractivity (Wildman–Crippen MR) is 71.6 cm³/mol. The van der Waals surface area contributed by atoms with Crippen LogP contribution in [0, 0.1) is 0 Å². The summed E-state index contributed by atoms with van der Waals surface area (Å²) < 4.78 is 0.797. The molecule has 0 amide bonds. The van der Waals surface area contributed by atoms with Crippen LogP contribution in [-0.4, -0.2) is 16.1 Å². The second-order valence-electron chi connectivity index (χ2n) is 3.20. The summed E-state index contributed by atoms with van der Waals surface area (Å²) in [6.07, 6.45) is 0. The van der Waals surface area contributed by atoms with E-state index in [1.54, 1.807) is 18.2 Å². The van der Waals surface area contributed by atoms with Crippen LogP contribution in [0.3, 0.4) is 0 Å². The van der Waals surface area contributed by atoms with E-state index in [1.165, 1.54) is 0 Å². The minimum Gasteiger partial charge on any atom is -0.476 e. The van der Waals surface area contributed by atoms with E-state index < -0.39 is 5.97 Å². The SMILES string of the molecule is Nc1sc(-c2cc(Cl)cc(Br)c2)nc1C(=O)O. The molecule has 2 rings (SSSR count). The molecule has 0 fully saturated rings. The lowest BCUT2D eigenvalue weighted by Gasteiger charge is -1.98. The number of carboxylic acids is 1. The maximum absolute atomic E-state index is 10.8. The Morgan fingerprint density at radius 2 is 2.18 bits per heavy atom. The quantitative estimate of drug-likeness (QED) is 0.882. The molecule has 0 radical (unpaired) electrons. The van der Waals surface area contributed by atoms with E-state index in [1.807, 2.05) is 0 Å². The highest BCUT2D eigenvalue weighted by atomic mass is 79.9. The molecule has 0 saturated heterocycles. The van der Waals surface area contributed by atoms with Gasteiger partial charge in [-0.3, -0.25) is 0 Å². The number of anilines is 1. The third-order valence-electron chi connectivity index (χ3n) is 1.97. The average Bonchev–Trinajstić information content (AvgIpc) is 2.59. The van der Waals surface area contributed by atoms with Crippen molar-refractivity contribution in [3.05, 3.63) is 33.4 Å². The minimum absolute atomic E-state index is 0.124. The van der Waals surface area contributed by atoms with Gasteiger partial charge in [0.2, 0.25) is 0 Å². The van der Waals surface area contributed by atoms with Gasteiger partial charge in [-0.2, -0.15) is 0 Å². The Balaban J connectivity index is 2.53. The Bertz CT molecular complexity index is 580. The Morgan fingerprint density at radius 3 is 2.71 bits per heavy atom. The molecule has 2 aromatic rings. The van der Waals surface area contributed by atoms with E-state index in [0.29, 0.717) is 10.0 Å². The standard InChI is InChI=1S/C10H6BrClN2O2S/c11-5-1-4(2-6(12)3-5)9-14-7(10(15)16)8(13)17-9/h1-3H,13H2,(H,15,16). The molecule has 0 atom stereocenters. The minimum atomic E-state index is -1.13. The van der Waals surface area contributed by atoms with E-state index in [2.05, 4.69) is 20.9 Å². The number of carboxylic acid groups (broad SMARTS) is 1. The summed E-state index contributed by atoms with van der Waals surface area (Å²) in [4.78, 5) is 14.8. The fourth-order valence-electron chi connectivity index (χ4n) is 1.29. The third-order valence-corrected chi connectivity index (χ3v) is 3.58. The van der Waals surface area contributed by atoms with Crippen molar-refractivity contribution in [3.63, 3.8) is 0 Å². The van der Waals surface area contributed by atoms with Gasteiger partial charge in [0.1, 0.15) is 10.0 Å². The molecule has 0 aliphatic carbocycles. The number of nitrogens with two attached hydrogens (primary N) is 1. The number of nitrogens with zero attached hydrogens (tertiary/aromatic N) is 1. The van der Waals surface area contributed by atoms with E-state index in [0.717, 1.165) is 21.4 Å². The van der Waals surface area contributed by atoms with Crippen molar-refractivity contribution in [1.82, 2.24) is 4.98 Å². The van der Waals surface area contributed by atoms with Crippen LogP contribution in [0.1, 0.15) is 10.5 Å². The number of carbonyl (C=O) groups is 1. The van der Waals surface area contributed by atoms with Gasteiger partial charge in [-0.25, -0.2) is 9.78 Å². The first-order valence-corrected chi connectivity index (χ1v) is 6.42. The van der Waals surface area contributed by atoms with Crippen molar-refractivity contribution in [1.29, 1.82) is 0 Å². The van der Waals surface area contributed by atoms with Crippen LogP contribution in [-0.2, 0) is 0 Å². The topological polar surface area (TPSA) is 76.2 Å². The highest BCUT2D eigenvalue weighted by molar-refractivity contribution is 9.10. The maximum atomic E-state index is 10.8. The second-order valence-corrected chi connectivity index (χ2v) is 5.58. The number of halogens is 2. The van der Waals surface area contributed by atoms with Crippen molar-refractivity contribution < 1.29 is 9.90 Å². The average molecular weight is 334 g/mol. The fraction of sp³-hybridized carbons (Fsp3) is 0. The van der Waals surface area contributed by atoms with Gasteiger partial charge in [0.05, 0.1) is 0 Å². The van der Waals surface area contributed by atoms with Crippen molar-refractivity contribution >= 4 is 49.8 Å². The molecule has 1 aromatic heterocycles. The third kappa shape index (κ3) is 2.59. The zero-order valence-corrected chi connectivity index (χ0v) is 11.4. The normalized spacial score (nSPS) is 10.5. The first kappa shape index (κ1) is 12.3. The highest BCUT2D eigenvalue weighted by Gasteiger charge is 2.16. The summed E-state index contributed by atoms with van der Waals surface area (Å²) in [6, 6.07) is 5.24. The summed E-state index contributed by atoms with van der Waals surface area (Å²) in [7, 11) is 0. The smallest absolute Gasteiger partial charge is 0.357 e. The molecule has 88 valence electrons. The second kappa shape index (κ2) is 4.64. The van der Waals surface area contributed by atoms with Crippen molar-refractivity contribution in [2.24, 2.45) is 0 Å². The van der Waals surface area contributed by atoms with E-state index >= 15 is 0 Å². The van der Waals surface area contributed by atoms with Crippen LogP contribution in [0.4, 0.5) is 5.00 Å². The molecular formula is C10H6BrClN2O2S. The van der Waals surface area contributed by atoms with Crippen LogP contribution in [0.2, 0.25) is 5.02 Å². The lowest BCUT2D eigenvalue weighted by Crippen LogP contribution is -2.00. The van der Waals surface area contributed by atoms with Crippen molar-refractivity contribution in [3.8, 4) is 10.6 Å². The number of benzene rings is 1. The van der Waals surface area contributed by atoms with Crippen LogP contribution >= 0.6 is 38.9 Å². The molecule has 0 spiro atoms. The molecule has 0 aliphatic rings. The summed E-state index contributed by atoms with van der Waals surface area (Å²) in [5.41, 5.74) is 6.19. The van der Waals surface area contributed by atoms with Crippen LogP contribution < -0.4 is 5.73 Å². The molecule has 4 nitrogen and oxygen atoms in total. The summed E-state index contributed by atoms with van der Waals surface area (Å²) in [5.74, 6) is -1.13. The number of aromatic carboxylic acids is 1. The van der Waals surface area contributed by atoms with Gasteiger partial charge in [-0.1, -0.05) is 38.9 Å². The predicted octanol–water partition coefficient (Wildman–Crippen LogP) is 3.51. The Morgan fingerprint density at radius 1 is 1.47 bits per heavy atom. The molecule has 17 heavy (non-hydrogen) atoms. The molecule has 0 saturated carbocycles. The van der Waals surface area contributed by atoms with E-state index in [-0.39, 0.29) is 10.7 Å². The first-order chi connectivity index (χ1) is 7.97. The number of hydrogen-bond acceptors (Lipinski definition) is 4. The van der Waals surface area contributed by atoms with Gasteiger partial charge in [-0.15, -0.1) is 0 Å². The molecule has 7 heteroatoms. The lowest BCUT2D eigenvalue weighted by atomic mass is 10.2. The Labute approximate surface area is 114 Å². The van der Waals surface area contributed by atoms with E-state index in [4.69, 9.17) is 22.4 Å². The monoisotopic (exact) mass is 332 g/mol.